The van der Waals surface area contributed by atoms with Gasteiger partial charge in [0.15, 0.2) is 0 Å². The van der Waals surface area contributed by atoms with Crippen LogP contribution in [-0.4, -0.2) is 7.11 Å². The summed E-state index contributed by atoms with van der Waals surface area (Å²) < 4.78 is 5.18. The number of hydrogen-bond acceptors (Lipinski definition) is 3. The fourth-order valence-electron chi connectivity index (χ4n) is 1.52. The predicted molar refractivity (Wildman–Crippen MR) is 64.5 cm³/mol. The second-order valence-electron chi connectivity index (χ2n) is 3.29. The number of para-hydroxylation sites is 1. The van der Waals surface area contributed by atoms with E-state index in [9.17, 15) is 0 Å². The van der Waals surface area contributed by atoms with Gasteiger partial charge >= 0.3 is 0 Å². The Morgan fingerprint density at radius 1 is 1.27 bits per heavy atom. The van der Waals surface area contributed by atoms with Crippen LogP contribution in [0.3, 0.4) is 0 Å². The molecule has 0 saturated heterocycles. The third-order valence-electron chi connectivity index (χ3n) is 2.32. The summed E-state index contributed by atoms with van der Waals surface area (Å²) >= 11 is 1.74. The first-order valence-corrected chi connectivity index (χ1v) is 5.63. The van der Waals surface area contributed by atoms with E-state index in [0.717, 1.165) is 23.4 Å². The number of benzene rings is 1. The average Bonchev–Trinajstić information content (AvgIpc) is 2.74. The number of rotatable bonds is 3. The summed E-state index contributed by atoms with van der Waals surface area (Å²) in [6.07, 6.45) is 0.876. The molecule has 0 bridgehead atoms. The zero-order chi connectivity index (χ0) is 10.7. The van der Waals surface area contributed by atoms with E-state index in [2.05, 4.69) is 17.5 Å². The first kappa shape index (κ1) is 10.1. The molecule has 2 rings (SSSR count). The Hall–Kier alpha value is -1.48. The largest absolute Gasteiger partial charge is 0.495 e. The second kappa shape index (κ2) is 4.36. The van der Waals surface area contributed by atoms with Gasteiger partial charge in [0.1, 0.15) is 5.75 Å². The highest BCUT2D eigenvalue weighted by Crippen LogP contribution is 2.27. The third-order valence-corrected chi connectivity index (χ3v) is 3.20. The molecule has 2 nitrogen and oxygen atoms in total. The van der Waals surface area contributed by atoms with E-state index < -0.39 is 0 Å². The lowest BCUT2D eigenvalue weighted by Crippen LogP contribution is -1.98. The van der Waals surface area contributed by atoms with E-state index in [1.807, 2.05) is 18.2 Å². The molecule has 0 radical (unpaired) electrons. The lowest BCUT2D eigenvalue weighted by Gasteiger charge is -2.08. The molecular formula is C12H13NOS. The molecule has 0 aliphatic heterocycles. The van der Waals surface area contributed by atoms with Crippen molar-refractivity contribution in [3.05, 3.63) is 46.2 Å². The van der Waals surface area contributed by atoms with E-state index >= 15 is 0 Å². The normalized spacial score (nSPS) is 10.2. The maximum Gasteiger partial charge on any atom is 0.142 e. The van der Waals surface area contributed by atoms with Crippen LogP contribution in [0.1, 0.15) is 10.4 Å². The molecule has 0 spiro atoms. The molecule has 2 aromatic rings. The van der Waals surface area contributed by atoms with E-state index in [1.165, 1.54) is 4.88 Å². The van der Waals surface area contributed by atoms with E-state index in [-0.39, 0.29) is 0 Å². The van der Waals surface area contributed by atoms with Crippen LogP contribution in [0.4, 0.5) is 5.69 Å². The number of anilines is 1. The van der Waals surface area contributed by atoms with Crippen molar-refractivity contribution in [1.82, 2.24) is 0 Å². The number of thiophene rings is 1. The molecule has 1 heterocycles. The monoisotopic (exact) mass is 219 g/mol. The van der Waals surface area contributed by atoms with Crippen LogP contribution < -0.4 is 10.5 Å². The minimum atomic E-state index is 0.744. The molecule has 0 saturated carbocycles. The van der Waals surface area contributed by atoms with Gasteiger partial charge in [0, 0.05) is 11.3 Å². The molecule has 0 unspecified atom stereocenters. The van der Waals surface area contributed by atoms with Crippen molar-refractivity contribution in [2.24, 2.45) is 0 Å². The van der Waals surface area contributed by atoms with Crippen LogP contribution in [0.2, 0.25) is 0 Å². The zero-order valence-corrected chi connectivity index (χ0v) is 9.38. The summed E-state index contributed by atoms with van der Waals surface area (Å²) in [6.45, 7) is 0. The van der Waals surface area contributed by atoms with E-state index in [1.54, 1.807) is 18.4 Å². The van der Waals surface area contributed by atoms with Gasteiger partial charge in [0.2, 0.25) is 0 Å². The first-order valence-electron chi connectivity index (χ1n) is 4.75. The van der Waals surface area contributed by atoms with Gasteiger partial charge in [-0.15, -0.1) is 11.3 Å². The Labute approximate surface area is 93.3 Å². The molecule has 0 aliphatic rings. The molecule has 1 aromatic carbocycles. The Balaban J connectivity index is 2.29. The quantitative estimate of drug-likeness (QED) is 0.805. The topological polar surface area (TPSA) is 35.2 Å². The molecule has 1 aromatic heterocycles. The molecule has 78 valence electrons. The van der Waals surface area contributed by atoms with Gasteiger partial charge in [-0.1, -0.05) is 18.2 Å². The Morgan fingerprint density at radius 3 is 2.80 bits per heavy atom. The first-order chi connectivity index (χ1) is 7.31. The molecule has 0 aliphatic carbocycles. The zero-order valence-electron chi connectivity index (χ0n) is 8.57. The second-order valence-corrected chi connectivity index (χ2v) is 4.32. The maximum atomic E-state index is 5.99. The minimum Gasteiger partial charge on any atom is -0.495 e. The van der Waals surface area contributed by atoms with Crippen LogP contribution in [0.15, 0.2) is 35.7 Å². The number of nitrogen functional groups attached to an aromatic ring is 1. The molecule has 0 atom stereocenters. The van der Waals surface area contributed by atoms with Gasteiger partial charge in [0.25, 0.3) is 0 Å². The van der Waals surface area contributed by atoms with Crippen LogP contribution in [0.25, 0.3) is 0 Å². The summed E-state index contributed by atoms with van der Waals surface area (Å²) in [5.41, 5.74) is 7.86. The van der Waals surface area contributed by atoms with Crippen molar-refractivity contribution < 1.29 is 4.74 Å². The van der Waals surface area contributed by atoms with Crippen molar-refractivity contribution in [3.8, 4) is 5.75 Å². The molecule has 0 amide bonds. The number of nitrogens with two attached hydrogens (primary N) is 1. The van der Waals surface area contributed by atoms with Gasteiger partial charge < -0.3 is 10.5 Å². The molecular weight excluding hydrogens is 206 g/mol. The number of hydrogen-bond donors (Lipinski definition) is 1. The number of ether oxygens (including phenoxy) is 1. The van der Waals surface area contributed by atoms with Gasteiger partial charge in [0.05, 0.1) is 12.8 Å². The summed E-state index contributed by atoms with van der Waals surface area (Å²) in [4.78, 5) is 1.31. The van der Waals surface area contributed by atoms with Crippen LogP contribution in [0.5, 0.6) is 5.75 Å². The third kappa shape index (κ3) is 2.13. The highest BCUT2D eigenvalue weighted by atomic mass is 32.1. The fourth-order valence-corrected chi connectivity index (χ4v) is 2.25. The van der Waals surface area contributed by atoms with Crippen molar-refractivity contribution >= 4 is 17.0 Å². The summed E-state index contributed by atoms with van der Waals surface area (Å²) in [5, 5.41) is 2.08. The standard InChI is InChI=1S/C12H13NOS/c1-14-11-6-2-4-9(12(11)13)8-10-5-3-7-15-10/h2-7H,8,13H2,1H3. The van der Waals surface area contributed by atoms with E-state index in [0.29, 0.717) is 0 Å². The molecule has 15 heavy (non-hydrogen) atoms. The van der Waals surface area contributed by atoms with Gasteiger partial charge in [-0.05, 0) is 23.1 Å². The van der Waals surface area contributed by atoms with Crippen molar-refractivity contribution in [3.63, 3.8) is 0 Å². The summed E-state index contributed by atoms with van der Waals surface area (Å²) in [6, 6.07) is 10.1. The van der Waals surface area contributed by atoms with Gasteiger partial charge in [-0.3, -0.25) is 0 Å². The highest BCUT2D eigenvalue weighted by molar-refractivity contribution is 7.09. The Kier molecular flexibility index (Phi) is 2.92. The lowest BCUT2D eigenvalue weighted by molar-refractivity contribution is 0.416. The SMILES string of the molecule is COc1cccc(Cc2cccs2)c1N. The van der Waals surface area contributed by atoms with Crippen molar-refractivity contribution in [1.29, 1.82) is 0 Å². The highest BCUT2D eigenvalue weighted by Gasteiger charge is 2.05. The van der Waals surface area contributed by atoms with Crippen molar-refractivity contribution in [2.75, 3.05) is 12.8 Å². The predicted octanol–water partition coefficient (Wildman–Crippen LogP) is 2.93. The van der Waals surface area contributed by atoms with Crippen LogP contribution in [-0.2, 0) is 6.42 Å². The summed E-state index contributed by atoms with van der Waals surface area (Å²) in [7, 11) is 1.64. The Bertz CT molecular complexity index is 437. The summed E-state index contributed by atoms with van der Waals surface area (Å²) in [5.74, 6) is 0.754. The van der Waals surface area contributed by atoms with E-state index in [4.69, 9.17) is 10.5 Å². The smallest absolute Gasteiger partial charge is 0.142 e. The maximum absolute atomic E-state index is 5.99. The van der Waals surface area contributed by atoms with Gasteiger partial charge in [-0.2, -0.15) is 0 Å². The van der Waals surface area contributed by atoms with Crippen LogP contribution >= 0.6 is 11.3 Å². The lowest BCUT2D eigenvalue weighted by atomic mass is 10.1. The Morgan fingerprint density at radius 2 is 2.13 bits per heavy atom. The van der Waals surface area contributed by atoms with Gasteiger partial charge in [-0.25, -0.2) is 0 Å². The van der Waals surface area contributed by atoms with Crippen molar-refractivity contribution in [2.45, 2.75) is 6.42 Å². The fraction of sp³-hybridized carbons (Fsp3) is 0.167. The molecule has 2 N–H and O–H groups in total. The average molecular weight is 219 g/mol. The minimum absolute atomic E-state index is 0.744. The van der Waals surface area contributed by atoms with Crippen LogP contribution in [0, 0.1) is 0 Å². The molecule has 3 heteroatoms. The molecule has 0 fully saturated rings. The number of methoxy groups -OCH3 is 1.